The van der Waals surface area contributed by atoms with E-state index in [1.54, 1.807) is 30.7 Å². The minimum atomic E-state index is -0.321. The van der Waals surface area contributed by atoms with Crippen LogP contribution in [0.1, 0.15) is 10.4 Å². The number of hydrazone groups is 1. The summed E-state index contributed by atoms with van der Waals surface area (Å²) in [4.78, 5) is 19.7. The zero-order valence-electron chi connectivity index (χ0n) is 10.6. The van der Waals surface area contributed by atoms with Crippen molar-refractivity contribution in [2.24, 2.45) is 10.8 Å². The number of carbonyl (C=O) groups excluding carboxylic acids is 1. The number of nitrogens with one attached hydrogen (secondary N) is 1. The molecular weight excluding hydrogens is 274 g/mol. The van der Waals surface area contributed by atoms with Crippen molar-refractivity contribution >= 4 is 23.5 Å². The first-order valence-electron chi connectivity index (χ1n) is 5.82. The number of carbonyl (C=O) groups is 1. The van der Waals surface area contributed by atoms with Gasteiger partial charge in [-0.3, -0.25) is 9.78 Å². The van der Waals surface area contributed by atoms with Crippen LogP contribution in [0.15, 0.2) is 59.0 Å². The monoisotopic (exact) mass is 287 g/mol. The molecule has 0 atom stereocenters. The van der Waals surface area contributed by atoms with E-state index in [0.717, 1.165) is 5.03 Å². The van der Waals surface area contributed by atoms with Crippen LogP contribution >= 0.6 is 11.8 Å². The number of nitrogens with zero attached hydrogens (tertiary/aromatic N) is 3. The van der Waals surface area contributed by atoms with Gasteiger partial charge in [0.2, 0.25) is 0 Å². The van der Waals surface area contributed by atoms with Gasteiger partial charge in [-0.15, -0.1) is 0 Å². The number of nitrogens with two attached hydrogens (primary N) is 1. The third-order valence-corrected chi connectivity index (χ3v) is 3.23. The predicted octanol–water partition coefficient (Wildman–Crippen LogP) is 1.27. The van der Waals surface area contributed by atoms with Crippen LogP contribution in [0.3, 0.4) is 0 Å². The van der Waals surface area contributed by atoms with Gasteiger partial charge in [0.25, 0.3) is 5.91 Å². The zero-order valence-corrected chi connectivity index (χ0v) is 11.4. The summed E-state index contributed by atoms with van der Waals surface area (Å²) in [6, 6.07) is 8.82. The van der Waals surface area contributed by atoms with Crippen molar-refractivity contribution in [2.45, 2.75) is 5.03 Å². The maximum Gasteiger partial charge on any atom is 0.271 e. The maximum absolute atomic E-state index is 11.7. The van der Waals surface area contributed by atoms with E-state index in [9.17, 15) is 4.79 Å². The lowest BCUT2D eigenvalue weighted by atomic mass is 10.3. The van der Waals surface area contributed by atoms with Crippen LogP contribution in [-0.4, -0.2) is 27.5 Å². The number of rotatable bonds is 5. The minimum absolute atomic E-state index is 0.321. The summed E-state index contributed by atoms with van der Waals surface area (Å²) in [5.74, 6) is 0.453. The third kappa shape index (κ3) is 4.36. The molecule has 0 aromatic carbocycles. The van der Waals surface area contributed by atoms with Gasteiger partial charge < -0.3 is 5.73 Å². The molecule has 0 fully saturated rings. The smallest absolute Gasteiger partial charge is 0.271 e. The van der Waals surface area contributed by atoms with Crippen LogP contribution in [-0.2, 0) is 0 Å². The molecule has 0 saturated carbocycles. The Morgan fingerprint density at radius 1 is 1.25 bits per heavy atom. The number of pyridine rings is 2. The van der Waals surface area contributed by atoms with Crippen LogP contribution in [0.5, 0.6) is 0 Å². The average Bonchev–Trinajstić information content (AvgIpc) is 2.52. The fourth-order valence-electron chi connectivity index (χ4n) is 1.30. The highest BCUT2D eigenvalue weighted by Gasteiger charge is 2.03. The maximum atomic E-state index is 11.7. The topological polar surface area (TPSA) is 93.3 Å². The van der Waals surface area contributed by atoms with Crippen molar-refractivity contribution in [3.63, 3.8) is 0 Å². The fraction of sp³-hybridized carbons (Fsp3) is 0.0769. The molecule has 0 spiro atoms. The SMILES string of the molecule is NC(CSc1ccccn1)=NNC(=O)c1ccncc1. The predicted molar refractivity (Wildman–Crippen MR) is 78.3 cm³/mol. The van der Waals surface area contributed by atoms with Gasteiger partial charge in [-0.1, -0.05) is 17.8 Å². The molecule has 0 bridgehead atoms. The number of hydrogen-bond acceptors (Lipinski definition) is 5. The molecule has 6 nitrogen and oxygen atoms in total. The molecule has 2 heterocycles. The Balaban J connectivity index is 1.84. The second-order valence-corrected chi connectivity index (χ2v) is 4.73. The molecule has 20 heavy (non-hydrogen) atoms. The first kappa shape index (κ1) is 14.0. The molecule has 2 rings (SSSR count). The molecule has 0 aliphatic heterocycles. The Morgan fingerprint density at radius 3 is 2.75 bits per heavy atom. The van der Waals surface area contributed by atoms with Crippen molar-refractivity contribution in [3.8, 4) is 0 Å². The molecule has 2 aromatic heterocycles. The number of amidine groups is 1. The lowest BCUT2D eigenvalue weighted by Crippen LogP contribution is -2.24. The average molecular weight is 287 g/mol. The molecule has 3 N–H and O–H groups in total. The summed E-state index contributed by atoms with van der Waals surface area (Å²) in [6.07, 6.45) is 4.79. The fourth-order valence-corrected chi connectivity index (χ4v) is 1.97. The molecule has 1 amide bonds. The third-order valence-electron chi connectivity index (χ3n) is 2.25. The van der Waals surface area contributed by atoms with E-state index in [4.69, 9.17) is 5.73 Å². The van der Waals surface area contributed by atoms with Gasteiger partial charge in [-0.05, 0) is 24.3 Å². The van der Waals surface area contributed by atoms with Crippen molar-refractivity contribution < 1.29 is 4.79 Å². The van der Waals surface area contributed by atoms with Crippen molar-refractivity contribution in [2.75, 3.05) is 5.75 Å². The van der Waals surface area contributed by atoms with Gasteiger partial charge in [0.05, 0.1) is 10.8 Å². The van der Waals surface area contributed by atoms with Crippen LogP contribution in [0.2, 0.25) is 0 Å². The second-order valence-electron chi connectivity index (χ2n) is 3.74. The second kappa shape index (κ2) is 7.25. The van der Waals surface area contributed by atoms with Crippen molar-refractivity contribution in [3.05, 3.63) is 54.5 Å². The summed E-state index contributed by atoms with van der Waals surface area (Å²) in [5, 5.41) is 4.69. The Morgan fingerprint density at radius 2 is 2.05 bits per heavy atom. The van der Waals surface area contributed by atoms with Gasteiger partial charge in [0, 0.05) is 24.2 Å². The molecule has 0 aliphatic carbocycles. The molecule has 0 radical (unpaired) electrons. The van der Waals surface area contributed by atoms with Crippen LogP contribution in [0, 0.1) is 0 Å². The molecule has 0 saturated heterocycles. The summed E-state index contributed by atoms with van der Waals surface area (Å²) in [6.45, 7) is 0. The highest BCUT2D eigenvalue weighted by atomic mass is 32.2. The number of hydrogen-bond donors (Lipinski definition) is 2. The number of amides is 1. The lowest BCUT2D eigenvalue weighted by molar-refractivity contribution is 0.0954. The van der Waals surface area contributed by atoms with Gasteiger partial charge in [0.15, 0.2) is 0 Å². The Labute approximate surface area is 120 Å². The molecule has 0 unspecified atom stereocenters. The molecule has 2 aromatic rings. The highest BCUT2D eigenvalue weighted by Crippen LogP contribution is 2.12. The molecule has 102 valence electrons. The molecule has 7 heteroatoms. The Bertz CT molecular complexity index is 588. The summed E-state index contributed by atoms with van der Waals surface area (Å²) in [7, 11) is 0. The zero-order chi connectivity index (χ0) is 14.2. The van der Waals surface area contributed by atoms with E-state index in [2.05, 4.69) is 20.5 Å². The Kier molecular flexibility index (Phi) is 5.08. The Hall–Kier alpha value is -2.41. The quantitative estimate of drug-likeness (QED) is 0.374. The first-order valence-corrected chi connectivity index (χ1v) is 6.80. The number of thioether (sulfide) groups is 1. The van der Waals surface area contributed by atoms with Crippen LogP contribution in [0.4, 0.5) is 0 Å². The van der Waals surface area contributed by atoms with E-state index in [-0.39, 0.29) is 5.91 Å². The largest absolute Gasteiger partial charge is 0.385 e. The van der Waals surface area contributed by atoms with Gasteiger partial charge in [-0.2, -0.15) is 5.10 Å². The van der Waals surface area contributed by atoms with Crippen molar-refractivity contribution in [1.29, 1.82) is 0 Å². The van der Waals surface area contributed by atoms with E-state index in [1.807, 2.05) is 18.2 Å². The van der Waals surface area contributed by atoms with E-state index < -0.39 is 0 Å². The molecule has 0 aliphatic rings. The minimum Gasteiger partial charge on any atom is -0.385 e. The van der Waals surface area contributed by atoms with E-state index >= 15 is 0 Å². The van der Waals surface area contributed by atoms with E-state index in [0.29, 0.717) is 17.2 Å². The lowest BCUT2D eigenvalue weighted by Gasteiger charge is -2.02. The summed E-state index contributed by atoms with van der Waals surface area (Å²) >= 11 is 1.45. The first-order chi connectivity index (χ1) is 9.75. The number of aromatic nitrogens is 2. The standard InChI is InChI=1S/C13H13N5OS/c14-11(9-20-12-3-1-2-6-16-12)17-18-13(19)10-4-7-15-8-5-10/h1-8H,9H2,(H2,14,17)(H,18,19). The summed E-state index contributed by atoms with van der Waals surface area (Å²) < 4.78 is 0. The van der Waals surface area contributed by atoms with Crippen molar-refractivity contribution in [1.82, 2.24) is 15.4 Å². The molecular formula is C13H13N5OS. The highest BCUT2D eigenvalue weighted by molar-refractivity contribution is 7.99. The van der Waals surface area contributed by atoms with Crippen LogP contribution < -0.4 is 11.2 Å². The van der Waals surface area contributed by atoms with Crippen LogP contribution in [0.25, 0.3) is 0 Å². The van der Waals surface area contributed by atoms with Gasteiger partial charge in [0.1, 0.15) is 5.84 Å². The van der Waals surface area contributed by atoms with E-state index in [1.165, 1.54) is 11.8 Å². The van der Waals surface area contributed by atoms with Gasteiger partial charge in [-0.25, -0.2) is 10.4 Å². The van der Waals surface area contributed by atoms with Gasteiger partial charge >= 0.3 is 0 Å². The normalized spacial score (nSPS) is 11.1. The summed E-state index contributed by atoms with van der Waals surface area (Å²) in [5.41, 5.74) is 8.60.